The van der Waals surface area contributed by atoms with Crippen LogP contribution in [-0.2, 0) is 4.79 Å². The number of halogens is 2. The van der Waals surface area contributed by atoms with Crippen molar-refractivity contribution in [2.75, 3.05) is 29.9 Å². The second kappa shape index (κ2) is 7.96. The van der Waals surface area contributed by atoms with Crippen molar-refractivity contribution in [1.29, 1.82) is 0 Å². The first-order valence-corrected chi connectivity index (χ1v) is 10.9. The van der Waals surface area contributed by atoms with E-state index in [1.54, 1.807) is 24.5 Å². The molecule has 0 saturated carbocycles. The molecule has 9 heteroatoms. The smallest absolute Gasteiger partial charge is 0.245 e. The molecule has 0 aliphatic carbocycles. The second-order valence-corrected chi connectivity index (χ2v) is 8.73. The van der Waals surface area contributed by atoms with Crippen LogP contribution in [0.15, 0.2) is 36.8 Å². The first-order valence-electron chi connectivity index (χ1n) is 10.1. The summed E-state index contributed by atoms with van der Waals surface area (Å²) in [6, 6.07) is 7.19. The zero-order valence-electron chi connectivity index (χ0n) is 16.3. The van der Waals surface area contributed by atoms with E-state index in [1.165, 1.54) is 0 Å². The van der Waals surface area contributed by atoms with E-state index in [9.17, 15) is 4.79 Å². The van der Waals surface area contributed by atoms with Crippen LogP contribution < -0.4 is 10.2 Å². The molecule has 0 radical (unpaired) electrons. The molecule has 30 heavy (non-hydrogen) atoms. The molecule has 7 nitrogen and oxygen atoms in total. The number of aromatic amines is 1. The summed E-state index contributed by atoms with van der Waals surface area (Å²) >= 11 is 12.2. The van der Waals surface area contributed by atoms with E-state index in [2.05, 4.69) is 25.2 Å². The molecular formula is C21H22Cl2N6O. The van der Waals surface area contributed by atoms with Crippen LogP contribution in [0, 0.1) is 0 Å². The minimum absolute atomic E-state index is 0.132. The molecule has 156 valence electrons. The quantitative estimate of drug-likeness (QED) is 0.636. The fraction of sp³-hybridized carbons (Fsp3) is 0.381. The highest BCUT2D eigenvalue weighted by Crippen LogP contribution is 2.30. The van der Waals surface area contributed by atoms with Gasteiger partial charge in [0.2, 0.25) is 5.91 Å². The Hall–Kier alpha value is -2.51. The Kier molecular flexibility index (Phi) is 5.16. The van der Waals surface area contributed by atoms with Crippen LogP contribution >= 0.6 is 23.2 Å². The van der Waals surface area contributed by atoms with Gasteiger partial charge in [0.25, 0.3) is 0 Å². The monoisotopic (exact) mass is 444 g/mol. The number of carbonyl (C=O) groups is 1. The van der Waals surface area contributed by atoms with E-state index in [0.29, 0.717) is 10.0 Å². The molecule has 2 fully saturated rings. The van der Waals surface area contributed by atoms with Gasteiger partial charge in [-0.15, -0.1) is 0 Å². The summed E-state index contributed by atoms with van der Waals surface area (Å²) < 4.78 is 0. The number of aromatic nitrogens is 3. The van der Waals surface area contributed by atoms with Gasteiger partial charge in [-0.2, -0.15) is 0 Å². The third-order valence-corrected chi connectivity index (χ3v) is 6.35. The molecule has 1 amide bonds. The van der Waals surface area contributed by atoms with Crippen molar-refractivity contribution in [2.45, 2.75) is 31.3 Å². The molecule has 3 aromatic rings. The third kappa shape index (κ3) is 3.68. The van der Waals surface area contributed by atoms with Crippen molar-refractivity contribution in [2.24, 2.45) is 0 Å². The molecule has 1 aromatic carbocycles. The van der Waals surface area contributed by atoms with E-state index >= 15 is 0 Å². The van der Waals surface area contributed by atoms with Crippen LogP contribution in [-0.4, -0.2) is 57.5 Å². The maximum Gasteiger partial charge on any atom is 0.245 e. The number of amides is 1. The lowest BCUT2D eigenvalue weighted by Crippen LogP contribution is -2.50. The normalized spacial score (nSPS) is 22.1. The Bertz CT molecular complexity index is 1070. The fourth-order valence-electron chi connectivity index (χ4n) is 4.55. The van der Waals surface area contributed by atoms with E-state index in [0.717, 1.165) is 61.4 Å². The molecule has 2 aromatic heterocycles. The number of piperidine rings is 1. The lowest BCUT2D eigenvalue weighted by atomic mass is 10.0. The number of rotatable bonds is 4. The minimum atomic E-state index is -0.259. The van der Waals surface area contributed by atoms with Crippen molar-refractivity contribution >= 4 is 51.6 Å². The molecule has 4 heterocycles. The van der Waals surface area contributed by atoms with E-state index < -0.39 is 0 Å². The van der Waals surface area contributed by atoms with Crippen LogP contribution in [0.1, 0.15) is 19.3 Å². The van der Waals surface area contributed by atoms with Gasteiger partial charge >= 0.3 is 0 Å². The van der Waals surface area contributed by atoms with Crippen LogP contribution in [0.2, 0.25) is 10.0 Å². The number of anilines is 2. The standard InChI is InChI=1S/C21H22Cl2N6O/c22-13-8-14(23)10-15(9-13)27-18-4-7-29(21(18)30)16-2-1-6-28(11-16)20-17-3-5-24-19(17)25-12-26-20/h3,5,8-10,12,16,18,27H,1-2,4,6-7,11H2,(H,24,25,26). The summed E-state index contributed by atoms with van der Waals surface area (Å²) in [5, 5.41) is 5.43. The van der Waals surface area contributed by atoms with Gasteiger partial charge in [-0.25, -0.2) is 9.97 Å². The van der Waals surface area contributed by atoms with Gasteiger partial charge in [-0.3, -0.25) is 4.79 Å². The molecule has 5 rings (SSSR count). The summed E-state index contributed by atoms with van der Waals surface area (Å²) in [5.74, 6) is 1.06. The first-order chi connectivity index (χ1) is 14.6. The molecule has 0 bridgehead atoms. The van der Waals surface area contributed by atoms with Crippen molar-refractivity contribution in [3.05, 3.63) is 46.8 Å². The fourth-order valence-corrected chi connectivity index (χ4v) is 5.08. The molecular weight excluding hydrogens is 423 g/mol. The predicted octanol–water partition coefficient (Wildman–Crippen LogP) is 3.95. The average molecular weight is 445 g/mol. The van der Waals surface area contributed by atoms with Gasteiger partial charge < -0.3 is 20.1 Å². The number of H-pyrrole nitrogens is 1. The second-order valence-electron chi connectivity index (χ2n) is 7.85. The number of benzene rings is 1. The van der Waals surface area contributed by atoms with Gasteiger partial charge in [0.15, 0.2) is 0 Å². The number of hydrogen-bond acceptors (Lipinski definition) is 5. The summed E-state index contributed by atoms with van der Waals surface area (Å²) in [5.41, 5.74) is 1.61. The molecule has 2 atom stereocenters. The largest absolute Gasteiger partial charge is 0.374 e. The number of likely N-dealkylation sites (tertiary alicyclic amines) is 1. The van der Waals surface area contributed by atoms with Gasteiger partial charge in [0.05, 0.1) is 5.39 Å². The van der Waals surface area contributed by atoms with Crippen molar-refractivity contribution in [1.82, 2.24) is 19.9 Å². The Morgan fingerprint density at radius 1 is 1.10 bits per heavy atom. The van der Waals surface area contributed by atoms with Crippen LogP contribution in [0.5, 0.6) is 0 Å². The van der Waals surface area contributed by atoms with Crippen LogP contribution in [0.25, 0.3) is 11.0 Å². The highest BCUT2D eigenvalue weighted by molar-refractivity contribution is 6.35. The summed E-state index contributed by atoms with van der Waals surface area (Å²) in [7, 11) is 0. The SMILES string of the molecule is O=C1C(Nc2cc(Cl)cc(Cl)c2)CCN1C1CCCN(c2ncnc3[nH]ccc23)C1. The summed E-state index contributed by atoms with van der Waals surface area (Å²) in [4.78, 5) is 29.4. The number of nitrogens with zero attached hydrogens (tertiary/aromatic N) is 4. The molecule has 2 aliphatic rings. The van der Waals surface area contributed by atoms with Gasteiger partial charge in [-0.1, -0.05) is 23.2 Å². The highest BCUT2D eigenvalue weighted by Gasteiger charge is 2.38. The van der Waals surface area contributed by atoms with E-state index in [-0.39, 0.29) is 18.0 Å². The topological polar surface area (TPSA) is 77.2 Å². The Labute approximate surface area is 184 Å². The van der Waals surface area contributed by atoms with Gasteiger partial charge in [0.1, 0.15) is 23.8 Å². The van der Waals surface area contributed by atoms with Crippen LogP contribution in [0.4, 0.5) is 11.5 Å². The third-order valence-electron chi connectivity index (χ3n) is 5.91. The summed E-state index contributed by atoms with van der Waals surface area (Å²) in [6.07, 6.45) is 6.25. The molecule has 0 spiro atoms. The maximum absolute atomic E-state index is 13.1. The summed E-state index contributed by atoms with van der Waals surface area (Å²) in [6.45, 7) is 2.45. The van der Waals surface area contributed by atoms with E-state index in [1.807, 2.05) is 17.2 Å². The minimum Gasteiger partial charge on any atom is -0.374 e. The number of hydrogen-bond donors (Lipinski definition) is 2. The van der Waals surface area contributed by atoms with Crippen molar-refractivity contribution in [3.8, 4) is 0 Å². The Morgan fingerprint density at radius 2 is 1.93 bits per heavy atom. The number of nitrogens with one attached hydrogen (secondary N) is 2. The maximum atomic E-state index is 13.1. The van der Waals surface area contributed by atoms with Gasteiger partial charge in [0, 0.05) is 47.6 Å². The van der Waals surface area contributed by atoms with Crippen molar-refractivity contribution < 1.29 is 4.79 Å². The lowest BCUT2D eigenvalue weighted by molar-refractivity contribution is -0.130. The zero-order valence-corrected chi connectivity index (χ0v) is 17.8. The molecule has 2 aliphatic heterocycles. The average Bonchev–Trinajstić information content (AvgIpc) is 3.34. The zero-order chi connectivity index (χ0) is 20.7. The molecule has 2 unspecified atom stereocenters. The van der Waals surface area contributed by atoms with E-state index in [4.69, 9.17) is 23.2 Å². The van der Waals surface area contributed by atoms with Crippen molar-refractivity contribution in [3.63, 3.8) is 0 Å². The van der Waals surface area contributed by atoms with Crippen LogP contribution in [0.3, 0.4) is 0 Å². The highest BCUT2D eigenvalue weighted by atomic mass is 35.5. The Balaban J connectivity index is 1.30. The Morgan fingerprint density at radius 3 is 2.77 bits per heavy atom. The first kappa shape index (κ1) is 19.5. The predicted molar refractivity (Wildman–Crippen MR) is 119 cm³/mol. The molecule has 2 N–H and O–H groups in total. The van der Waals surface area contributed by atoms with Gasteiger partial charge in [-0.05, 0) is 43.5 Å². The number of carbonyl (C=O) groups excluding carboxylic acids is 1. The molecule has 2 saturated heterocycles. The number of fused-ring (bicyclic) bond motifs is 1. The lowest BCUT2D eigenvalue weighted by Gasteiger charge is -2.38.